The summed E-state index contributed by atoms with van der Waals surface area (Å²) in [6.07, 6.45) is 0. The van der Waals surface area contributed by atoms with Gasteiger partial charge in [-0.3, -0.25) is 10.0 Å². The third kappa shape index (κ3) is 2.17. The van der Waals surface area contributed by atoms with Crippen LogP contribution in [0.3, 0.4) is 0 Å². The summed E-state index contributed by atoms with van der Waals surface area (Å²) in [6, 6.07) is 0. The summed E-state index contributed by atoms with van der Waals surface area (Å²) in [4.78, 5) is 6.00. The molecule has 0 aromatic heterocycles. The maximum Gasteiger partial charge on any atom is 0.379 e. The Morgan fingerprint density at radius 1 is 1.75 bits per heavy atom. The molecule has 0 aromatic rings. The van der Waals surface area contributed by atoms with Gasteiger partial charge in [-0.15, -0.1) is 0 Å². The highest BCUT2D eigenvalue weighted by Crippen LogP contribution is 2.20. The normalized spacial score (nSPS) is 11.0. The van der Waals surface area contributed by atoms with Gasteiger partial charge in [-0.25, -0.2) is 5.48 Å². The van der Waals surface area contributed by atoms with E-state index in [0.717, 1.165) is 5.48 Å². The standard InChI is InChI=1S/C2H2BrF2NO2/c3-2(4,5)1(7)6-8/h8H,(H,6,7). The number of carbonyl (C=O) groups is 1. The molecule has 0 atom stereocenters. The molecule has 0 unspecified atom stereocenters. The maximum atomic E-state index is 11.5. The molecule has 0 aliphatic carbocycles. The van der Waals surface area contributed by atoms with Gasteiger partial charge < -0.3 is 0 Å². The third-order valence-electron chi connectivity index (χ3n) is 0.359. The first-order valence-corrected chi connectivity index (χ1v) is 2.29. The van der Waals surface area contributed by atoms with Crippen LogP contribution in [0.1, 0.15) is 0 Å². The highest BCUT2D eigenvalue weighted by atomic mass is 79.9. The molecule has 0 radical (unpaired) electrons. The first-order valence-electron chi connectivity index (χ1n) is 1.49. The number of rotatable bonds is 1. The Bertz CT molecular complexity index is 101. The summed E-state index contributed by atoms with van der Waals surface area (Å²) >= 11 is 1.70. The van der Waals surface area contributed by atoms with Gasteiger partial charge in [0.1, 0.15) is 0 Å². The van der Waals surface area contributed by atoms with Crippen LogP contribution in [0.15, 0.2) is 0 Å². The Hall–Kier alpha value is -0.230. The van der Waals surface area contributed by atoms with Gasteiger partial charge >= 0.3 is 10.7 Å². The van der Waals surface area contributed by atoms with Crippen molar-refractivity contribution in [2.24, 2.45) is 0 Å². The topological polar surface area (TPSA) is 49.3 Å². The van der Waals surface area contributed by atoms with E-state index in [2.05, 4.69) is 0 Å². The second-order valence-electron chi connectivity index (χ2n) is 0.939. The van der Waals surface area contributed by atoms with Crippen LogP contribution in [0.5, 0.6) is 0 Å². The molecule has 0 spiro atoms. The van der Waals surface area contributed by atoms with Gasteiger partial charge in [0.2, 0.25) is 0 Å². The van der Waals surface area contributed by atoms with Gasteiger partial charge in [0.05, 0.1) is 0 Å². The van der Waals surface area contributed by atoms with E-state index in [1.54, 1.807) is 15.9 Å². The molecule has 0 aliphatic rings. The van der Waals surface area contributed by atoms with Crippen molar-refractivity contribution in [2.45, 2.75) is 4.83 Å². The summed E-state index contributed by atoms with van der Waals surface area (Å²) in [7, 11) is 0. The molecule has 0 aliphatic heterocycles. The fraction of sp³-hybridized carbons (Fsp3) is 0.500. The maximum absolute atomic E-state index is 11.5. The van der Waals surface area contributed by atoms with Gasteiger partial charge in [-0.2, -0.15) is 8.78 Å². The van der Waals surface area contributed by atoms with E-state index >= 15 is 0 Å². The smallest absolute Gasteiger partial charge is 0.288 e. The molecule has 8 heavy (non-hydrogen) atoms. The summed E-state index contributed by atoms with van der Waals surface area (Å²) < 4.78 is 22.9. The van der Waals surface area contributed by atoms with Gasteiger partial charge in [0.15, 0.2) is 0 Å². The van der Waals surface area contributed by atoms with E-state index in [0.29, 0.717) is 0 Å². The summed E-state index contributed by atoms with van der Waals surface area (Å²) in [6.45, 7) is 0. The van der Waals surface area contributed by atoms with Crippen molar-refractivity contribution in [3.8, 4) is 0 Å². The molecule has 3 nitrogen and oxygen atoms in total. The van der Waals surface area contributed by atoms with Crippen LogP contribution in [0.2, 0.25) is 0 Å². The average Bonchev–Trinajstić information content (AvgIpc) is 1.62. The number of hydrogen-bond acceptors (Lipinski definition) is 2. The minimum Gasteiger partial charge on any atom is -0.288 e. The number of alkyl halides is 3. The molecule has 0 saturated carbocycles. The highest BCUT2D eigenvalue weighted by Gasteiger charge is 2.34. The predicted octanol–water partition coefficient (Wildman–Crippen LogP) is 0.479. The van der Waals surface area contributed by atoms with Crippen molar-refractivity contribution in [2.75, 3.05) is 0 Å². The molecular weight excluding hydrogens is 188 g/mol. The summed E-state index contributed by atoms with van der Waals surface area (Å²) in [5, 5.41) is 7.56. The number of hydroxylamine groups is 1. The van der Waals surface area contributed by atoms with Gasteiger partial charge in [-0.1, -0.05) is 0 Å². The predicted molar refractivity (Wildman–Crippen MR) is 23.8 cm³/mol. The minimum atomic E-state index is -3.68. The van der Waals surface area contributed by atoms with Gasteiger partial charge in [-0.05, 0) is 0 Å². The van der Waals surface area contributed by atoms with Crippen LogP contribution in [-0.4, -0.2) is 15.9 Å². The zero-order chi connectivity index (χ0) is 6.78. The molecule has 0 bridgehead atoms. The number of hydrogen-bond donors (Lipinski definition) is 2. The summed E-state index contributed by atoms with van der Waals surface area (Å²) in [5.74, 6) is -1.78. The average molecular weight is 190 g/mol. The molecule has 0 fully saturated rings. The zero-order valence-corrected chi connectivity index (χ0v) is 5.08. The Balaban J connectivity index is 3.82. The molecule has 2 N–H and O–H groups in total. The SMILES string of the molecule is O=C(NO)C(F)(F)Br. The van der Waals surface area contributed by atoms with E-state index in [4.69, 9.17) is 5.21 Å². The highest BCUT2D eigenvalue weighted by molar-refractivity contribution is 9.10. The van der Waals surface area contributed by atoms with Gasteiger partial charge in [0, 0.05) is 15.9 Å². The monoisotopic (exact) mass is 189 g/mol. The lowest BCUT2D eigenvalue weighted by Crippen LogP contribution is -2.32. The van der Waals surface area contributed by atoms with Crippen molar-refractivity contribution >= 4 is 21.8 Å². The number of nitrogens with one attached hydrogen (secondary N) is 1. The van der Waals surface area contributed by atoms with Crippen LogP contribution >= 0.6 is 15.9 Å². The molecule has 6 heteroatoms. The van der Waals surface area contributed by atoms with Crippen molar-refractivity contribution < 1.29 is 18.8 Å². The van der Waals surface area contributed by atoms with E-state index in [1.165, 1.54) is 0 Å². The number of amides is 1. The Morgan fingerprint density at radius 3 is 2.12 bits per heavy atom. The lowest BCUT2D eigenvalue weighted by molar-refractivity contribution is -0.142. The second-order valence-corrected chi connectivity index (χ2v) is 1.93. The van der Waals surface area contributed by atoms with E-state index < -0.39 is 10.7 Å². The fourth-order valence-electron chi connectivity index (χ4n) is 0.0634. The van der Waals surface area contributed by atoms with Crippen LogP contribution < -0.4 is 5.48 Å². The Labute approximate surface area is 51.8 Å². The van der Waals surface area contributed by atoms with E-state index in [-0.39, 0.29) is 0 Å². The molecule has 0 aromatic carbocycles. The van der Waals surface area contributed by atoms with Crippen LogP contribution in [0.25, 0.3) is 0 Å². The first kappa shape index (κ1) is 7.77. The van der Waals surface area contributed by atoms with Crippen molar-refractivity contribution in [1.82, 2.24) is 5.48 Å². The molecule has 1 amide bonds. The van der Waals surface area contributed by atoms with E-state index in [9.17, 15) is 13.6 Å². The zero-order valence-electron chi connectivity index (χ0n) is 3.49. The molecule has 0 heterocycles. The van der Waals surface area contributed by atoms with Crippen molar-refractivity contribution in [1.29, 1.82) is 0 Å². The third-order valence-corrected chi connectivity index (χ3v) is 0.719. The summed E-state index contributed by atoms with van der Waals surface area (Å²) in [5.41, 5.74) is 0.769. The Kier molecular flexibility index (Phi) is 2.29. The van der Waals surface area contributed by atoms with Crippen molar-refractivity contribution in [3.05, 3.63) is 0 Å². The van der Waals surface area contributed by atoms with Gasteiger partial charge in [0.25, 0.3) is 0 Å². The lowest BCUT2D eigenvalue weighted by atomic mass is 10.7. The minimum absolute atomic E-state index is 0.769. The Morgan fingerprint density at radius 2 is 2.12 bits per heavy atom. The van der Waals surface area contributed by atoms with Crippen LogP contribution in [0, 0.1) is 0 Å². The second kappa shape index (κ2) is 2.36. The largest absolute Gasteiger partial charge is 0.379 e. The quantitative estimate of drug-likeness (QED) is 0.359. The first-order chi connectivity index (χ1) is 3.48. The van der Waals surface area contributed by atoms with Crippen LogP contribution in [-0.2, 0) is 4.79 Å². The lowest BCUT2D eigenvalue weighted by Gasteiger charge is -2.02. The van der Waals surface area contributed by atoms with Crippen molar-refractivity contribution in [3.63, 3.8) is 0 Å². The van der Waals surface area contributed by atoms with E-state index in [1.807, 2.05) is 0 Å². The molecule has 0 saturated heterocycles. The molecule has 0 rings (SSSR count). The molecular formula is C2H2BrF2NO2. The number of carbonyl (C=O) groups excluding carboxylic acids is 1. The fourth-order valence-corrected chi connectivity index (χ4v) is 0.152. The van der Waals surface area contributed by atoms with Crippen LogP contribution in [0.4, 0.5) is 8.78 Å². The molecule has 48 valence electrons. The number of halogens is 3.